The van der Waals surface area contributed by atoms with Crippen molar-refractivity contribution in [3.8, 4) is 16.9 Å². The van der Waals surface area contributed by atoms with Gasteiger partial charge in [-0.3, -0.25) is 0 Å². The van der Waals surface area contributed by atoms with Gasteiger partial charge in [0, 0.05) is 27.9 Å². The summed E-state index contributed by atoms with van der Waals surface area (Å²) < 4.78 is 43.6. The predicted octanol–water partition coefficient (Wildman–Crippen LogP) is 3.92. The van der Waals surface area contributed by atoms with Gasteiger partial charge in [-0.25, -0.2) is 17.8 Å². The van der Waals surface area contributed by atoms with Crippen LogP contribution in [0.5, 0.6) is 5.75 Å². The Morgan fingerprint density at radius 3 is 2.61 bits per heavy atom. The zero-order chi connectivity index (χ0) is 20.6. The van der Waals surface area contributed by atoms with E-state index >= 15 is 0 Å². The average Bonchev–Trinajstić information content (AvgIpc) is 3.11. The summed E-state index contributed by atoms with van der Waals surface area (Å²) in [5, 5.41) is 3.91. The molecule has 28 heavy (non-hydrogen) atoms. The molecule has 0 amide bonds. The number of hydrogen-bond acceptors (Lipinski definition) is 6. The molecule has 3 aromatic rings. The second-order valence-corrected chi connectivity index (χ2v) is 8.61. The molecule has 0 radical (unpaired) electrons. The Labute approximate surface area is 170 Å². The zero-order valence-corrected chi connectivity index (χ0v) is 17.1. The highest BCUT2D eigenvalue weighted by Crippen LogP contribution is 2.36. The zero-order valence-electron chi connectivity index (χ0n) is 14.7. The molecule has 0 spiro atoms. The number of hydrogen-bond donors (Lipinski definition) is 1. The smallest absolute Gasteiger partial charge is 0.250 e. The Balaban J connectivity index is 1.95. The van der Waals surface area contributed by atoms with E-state index in [4.69, 9.17) is 33.7 Å². The van der Waals surface area contributed by atoms with Crippen LogP contribution in [0.15, 0.2) is 36.8 Å². The molecule has 0 aliphatic rings. The van der Waals surface area contributed by atoms with Crippen LogP contribution in [-0.4, -0.2) is 28.8 Å². The number of aromatic nitrogens is 3. The predicted molar refractivity (Wildman–Crippen MR) is 106 cm³/mol. The van der Waals surface area contributed by atoms with Crippen LogP contribution in [-0.2, 0) is 10.0 Å². The third-order valence-corrected chi connectivity index (χ3v) is 5.50. The summed E-state index contributed by atoms with van der Waals surface area (Å²) in [5.41, 5.74) is 7.19. The van der Waals surface area contributed by atoms with Crippen LogP contribution >= 0.6 is 23.2 Å². The Bertz CT molecular complexity index is 1150. The van der Waals surface area contributed by atoms with Gasteiger partial charge >= 0.3 is 0 Å². The minimum absolute atomic E-state index is 0.0924. The van der Waals surface area contributed by atoms with Crippen molar-refractivity contribution in [1.29, 1.82) is 0 Å². The molecule has 0 bridgehead atoms. The molecule has 148 valence electrons. The van der Waals surface area contributed by atoms with Crippen molar-refractivity contribution in [2.75, 3.05) is 12.0 Å². The molecule has 0 aliphatic heterocycles. The van der Waals surface area contributed by atoms with Gasteiger partial charge in [0.25, 0.3) is 10.0 Å². The highest BCUT2D eigenvalue weighted by Gasteiger charge is 2.20. The van der Waals surface area contributed by atoms with Crippen molar-refractivity contribution in [1.82, 2.24) is 14.2 Å². The van der Waals surface area contributed by atoms with E-state index in [1.165, 1.54) is 24.7 Å². The molecule has 2 aromatic heterocycles. The van der Waals surface area contributed by atoms with Gasteiger partial charge in [0.1, 0.15) is 11.9 Å². The largest absolute Gasteiger partial charge is 0.482 e. The number of nitrogens with zero attached hydrogens (tertiary/aromatic N) is 3. The van der Waals surface area contributed by atoms with E-state index in [0.717, 1.165) is 16.4 Å². The van der Waals surface area contributed by atoms with Gasteiger partial charge in [-0.15, -0.1) is 0 Å². The summed E-state index contributed by atoms with van der Waals surface area (Å²) in [5.74, 6) is -0.326. The Morgan fingerprint density at radius 1 is 1.25 bits per heavy atom. The maximum Gasteiger partial charge on any atom is 0.250 e. The summed E-state index contributed by atoms with van der Waals surface area (Å²) in [6.45, 7) is 1.64. The minimum atomic E-state index is -3.51. The van der Waals surface area contributed by atoms with Crippen molar-refractivity contribution in [2.45, 2.75) is 13.0 Å². The quantitative estimate of drug-likeness (QED) is 0.598. The van der Waals surface area contributed by atoms with Crippen molar-refractivity contribution < 1.29 is 17.5 Å². The fourth-order valence-corrected chi connectivity index (χ4v) is 3.71. The Morgan fingerprint density at radius 2 is 1.96 bits per heavy atom. The molecule has 0 saturated carbocycles. The first-order valence-corrected chi connectivity index (χ1v) is 10.5. The van der Waals surface area contributed by atoms with Crippen LogP contribution in [0.2, 0.25) is 10.0 Å². The summed E-state index contributed by atoms with van der Waals surface area (Å²) in [6, 6.07) is 4.12. The third kappa shape index (κ3) is 4.06. The lowest BCUT2D eigenvalue weighted by Gasteiger charge is -2.19. The summed E-state index contributed by atoms with van der Waals surface area (Å²) in [7, 11) is -3.51. The van der Waals surface area contributed by atoms with Gasteiger partial charge in [0.2, 0.25) is 0 Å². The fraction of sp³-hybridized carbons (Fsp3) is 0.176. The van der Waals surface area contributed by atoms with Gasteiger partial charge in [0.05, 0.1) is 23.7 Å². The van der Waals surface area contributed by atoms with E-state index in [0.29, 0.717) is 11.1 Å². The third-order valence-electron chi connectivity index (χ3n) is 3.90. The minimum Gasteiger partial charge on any atom is -0.482 e. The number of benzene rings is 1. The molecule has 1 atom stereocenters. The molecule has 1 unspecified atom stereocenters. The molecule has 2 N–H and O–H groups in total. The topological polar surface area (TPSA) is 100 Å². The van der Waals surface area contributed by atoms with Crippen LogP contribution in [0.4, 0.5) is 10.2 Å². The number of halogens is 3. The van der Waals surface area contributed by atoms with Crippen molar-refractivity contribution in [3.63, 3.8) is 0 Å². The van der Waals surface area contributed by atoms with Gasteiger partial charge in [-0.2, -0.15) is 9.19 Å². The average molecular weight is 445 g/mol. The number of nitrogen functional groups attached to an aromatic ring is 1. The standard InChI is InChI=1S/C17H15Cl2FN4O3S/c1-9(15-12(18)3-4-13(20)16(15)19)27-14-5-10(6-22-17(14)21)11-7-23-24(8-11)28(2,25)26/h3-9H,1-2H3,(H2,21,22). The normalized spacial score (nSPS) is 12.8. The maximum absolute atomic E-state index is 13.8. The molecule has 3 rings (SSSR count). The molecular formula is C17H15Cl2FN4O3S. The van der Waals surface area contributed by atoms with Crippen molar-refractivity contribution in [3.05, 3.63) is 58.2 Å². The lowest BCUT2D eigenvalue weighted by molar-refractivity contribution is 0.227. The highest BCUT2D eigenvalue weighted by atomic mass is 35.5. The number of rotatable bonds is 5. The van der Waals surface area contributed by atoms with E-state index in [2.05, 4.69) is 10.1 Å². The Hall–Kier alpha value is -2.36. The SMILES string of the molecule is CC(Oc1cc(-c2cnn(S(C)(=O)=O)c2)cnc1N)c1c(Cl)ccc(F)c1Cl. The molecule has 7 nitrogen and oxygen atoms in total. The number of pyridine rings is 1. The molecule has 1 aromatic carbocycles. The lowest BCUT2D eigenvalue weighted by atomic mass is 10.1. The molecule has 11 heteroatoms. The Kier molecular flexibility index (Phi) is 5.51. The summed E-state index contributed by atoms with van der Waals surface area (Å²) in [6.07, 6.45) is 4.48. The number of ether oxygens (including phenoxy) is 1. The fourth-order valence-electron chi connectivity index (χ4n) is 2.51. The van der Waals surface area contributed by atoms with Crippen molar-refractivity contribution in [2.24, 2.45) is 0 Å². The molecule has 0 saturated heterocycles. The molecule has 0 aliphatic carbocycles. The van der Waals surface area contributed by atoms with Crippen LogP contribution < -0.4 is 10.5 Å². The van der Waals surface area contributed by atoms with Crippen LogP contribution in [0.3, 0.4) is 0 Å². The highest BCUT2D eigenvalue weighted by molar-refractivity contribution is 7.89. The van der Waals surface area contributed by atoms with Crippen molar-refractivity contribution >= 4 is 39.0 Å². The van der Waals surface area contributed by atoms with E-state index in [-0.39, 0.29) is 27.2 Å². The first kappa shape index (κ1) is 20.4. The van der Waals surface area contributed by atoms with E-state index in [1.54, 1.807) is 13.0 Å². The molecule has 0 fully saturated rings. The number of nitrogens with two attached hydrogens (primary N) is 1. The first-order chi connectivity index (χ1) is 13.1. The van der Waals surface area contributed by atoms with E-state index < -0.39 is 21.9 Å². The molecular weight excluding hydrogens is 430 g/mol. The monoisotopic (exact) mass is 444 g/mol. The summed E-state index contributed by atoms with van der Waals surface area (Å²) in [4.78, 5) is 4.06. The number of anilines is 1. The first-order valence-electron chi connectivity index (χ1n) is 7.89. The van der Waals surface area contributed by atoms with E-state index in [1.807, 2.05) is 0 Å². The van der Waals surface area contributed by atoms with Crippen LogP contribution in [0, 0.1) is 5.82 Å². The second-order valence-electron chi connectivity index (χ2n) is 5.99. The van der Waals surface area contributed by atoms with Crippen LogP contribution in [0.1, 0.15) is 18.6 Å². The van der Waals surface area contributed by atoms with E-state index in [9.17, 15) is 12.8 Å². The maximum atomic E-state index is 13.8. The van der Waals surface area contributed by atoms with Gasteiger partial charge in [0.15, 0.2) is 11.6 Å². The molecule has 2 heterocycles. The van der Waals surface area contributed by atoms with Gasteiger partial charge in [-0.05, 0) is 25.1 Å². The lowest BCUT2D eigenvalue weighted by Crippen LogP contribution is -2.09. The van der Waals surface area contributed by atoms with Crippen LogP contribution in [0.25, 0.3) is 11.1 Å². The van der Waals surface area contributed by atoms with Gasteiger partial charge < -0.3 is 10.5 Å². The second kappa shape index (κ2) is 7.57. The summed E-state index contributed by atoms with van der Waals surface area (Å²) >= 11 is 12.1. The van der Waals surface area contributed by atoms with Gasteiger partial charge in [-0.1, -0.05) is 23.2 Å².